The number of rotatable bonds is 4. The van der Waals surface area contributed by atoms with E-state index in [-0.39, 0.29) is 11.9 Å². The summed E-state index contributed by atoms with van der Waals surface area (Å²) in [6.07, 6.45) is 2.51. The first-order chi connectivity index (χ1) is 8.65. The molecule has 1 aliphatic heterocycles. The highest BCUT2D eigenvalue weighted by Crippen LogP contribution is 2.07. The highest BCUT2D eigenvalue weighted by Gasteiger charge is 2.17. The third kappa shape index (κ3) is 3.40. The lowest BCUT2D eigenvalue weighted by molar-refractivity contribution is 0.0926. The molecular formula is C12H19N5O. The Balaban J connectivity index is 1.84. The van der Waals surface area contributed by atoms with Gasteiger partial charge in [0, 0.05) is 12.6 Å². The summed E-state index contributed by atoms with van der Waals surface area (Å²) in [6, 6.07) is 3.27. The van der Waals surface area contributed by atoms with Gasteiger partial charge in [-0.2, -0.15) is 0 Å². The number of nitrogen functional groups attached to an aromatic ring is 1. The Morgan fingerprint density at radius 2 is 2.17 bits per heavy atom. The lowest BCUT2D eigenvalue weighted by Crippen LogP contribution is -2.41. The molecule has 6 nitrogen and oxygen atoms in total. The van der Waals surface area contributed by atoms with E-state index < -0.39 is 0 Å². The molecule has 98 valence electrons. The molecule has 1 fully saturated rings. The summed E-state index contributed by atoms with van der Waals surface area (Å²) in [4.78, 5) is 14.2. The van der Waals surface area contributed by atoms with Crippen LogP contribution in [0.15, 0.2) is 12.1 Å². The van der Waals surface area contributed by atoms with Gasteiger partial charge in [-0.25, -0.2) is 0 Å². The predicted molar refractivity (Wildman–Crippen MR) is 69.0 cm³/mol. The van der Waals surface area contributed by atoms with E-state index in [4.69, 9.17) is 5.73 Å². The molecule has 1 aromatic rings. The second-order valence-electron chi connectivity index (χ2n) is 4.73. The molecule has 1 unspecified atom stereocenters. The zero-order valence-electron chi connectivity index (χ0n) is 10.6. The number of amides is 1. The fourth-order valence-electron chi connectivity index (χ4n) is 2.16. The van der Waals surface area contributed by atoms with Crippen molar-refractivity contribution >= 4 is 11.7 Å². The van der Waals surface area contributed by atoms with Gasteiger partial charge in [0.15, 0.2) is 5.69 Å². The summed E-state index contributed by atoms with van der Waals surface area (Å²) >= 11 is 0. The average molecular weight is 249 g/mol. The number of nitrogens with zero attached hydrogens (tertiary/aromatic N) is 3. The molecule has 1 aliphatic rings. The van der Waals surface area contributed by atoms with Gasteiger partial charge in [-0.1, -0.05) is 0 Å². The largest absolute Gasteiger partial charge is 0.382 e. The molecule has 0 aromatic carbocycles. The molecule has 1 saturated heterocycles. The Labute approximate surface area is 107 Å². The highest BCUT2D eigenvalue weighted by atomic mass is 16.2. The summed E-state index contributed by atoms with van der Waals surface area (Å²) in [5.74, 6) is 0.117. The van der Waals surface area contributed by atoms with Gasteiger partial charge in [0.05, 0.1) is 0 Å². The van der Waals surface area contributed by atoms with E-state index >= 15 is 0 Å². The number of hydrogen-bond donors (Lipinski definition) is 2. The molecule has 0 saturated carbocycles. The maximum Gasteiger partial charge on any atom is 0.272 e. The maximum absolute atomic E-state index is 11.9. The smallest absolute Gasteiger partial charge is 0.272 e. The van der Waals surface area contributed by atoms with Crippen molar-refractivity contribution in [2.75, 3.05) is 25.4 Å². The molecule has 3 N–H and O–H groups in total. The van der Waals surface area contributed by atoms with Gasteiger partial charge >= 0.3 is 0 Å². The Bertz CT molecular complexity index is 399. The summed E-state index contributed by atoms with van der Waals surface area (Å²) in [6.45, 7) is 5.14. The second kappa shape index (κ2) is 5.77. The van der Waals surface area contributed by atoms with E-state index in [0.717, 1.165) is 19.6 Å². The van der Waals surface area contributed by atoms with E-state index in [1.54, 1.807) is 12.1 Å². The summed E-state index contributed by atoms with van der Waals surface area (Å²) < 4.78 is 0. The Morgan fingerprint density at radius 1 is 1.44 bits per heavy atom. The van der Waals surface area contributed by atoms with Crippen LogP contribution in [0.2, 0.25) is 0 Å². The molecule has 2 rings (SSSR count). The molecule has 2 heterocycles. The first-order valence-corrected chi connectivity index (χ1v) is 6.27. The van der Waals surface area contributed by atoms with Gasteiger partial charge in [0.25, 0.3) is 5.91 Å². The van der Waals surface area contributed by atoms with Gasteiger partial charge in [0.1, 0.15) is 5.82 Å². The van der Waals surface area contributed by atoms with E-state index in [9.17, 15) is 4.79 Å². The number of anilines is 1. The van der Waals surface area contributed by atoms with Crippen molar-refractivity contribution in [3.8, 4) is 0 Å². The fraction of sp³-hybridized carbons (Fsp3) is 0.583. The number of likely N-dealkylation sites (tertiary alicyclic amines) is 1. The minimum atomic E-state index is -0.200. The van der Waals surface area contributed by atoms with E-state index in [0.29, 0.717) is 11.5 Å². The van der Waals surface area contributed by atoms with Crippen molar-refractivity contribution < 1.29 is 4.79 Å². The number of nitrogens with two attached hydrogens (primary N) is 1. The van der Waals surface area contributed by atoms with Crippen molar-refractivity contribution in [1.29, 1.82) is 0 Å². The summed E-state index contributed by atoms with van der Waals surface area (Å²) in [5, 5.41) is 10.3. The molecule has 0 spiro atoms. The molecular weight excluding hydrogens is 230 g/mol. The second-order valence-corrected chi connectivity index (χ2v) is 4.73. The predicted octanol–water partition coefficient (Wildman–Crippen LogP) is 0.273. The van der Waals surface area contributed by atoms with Crippen LogP contribution in [0.1, 0.15) is 30.3 Å². The minimum absolute atomic E-state index is 0.106. The van der Waals surface area contributed by atoms with E-state index in [2.05, 4.69) is 20.4 Å². The number of carbonyl (C=O) groups is 1. The van der Waals surface area contributed by atoms with Gasteiger partial charge < -0.3 is 16.0 Å². The first kappa shape index (κ1) is 12.8. The van der Waals surface area contributed by atoms with Crippen molar-refractivity contribution in [2.24, 2.45) is 0 Å². The Morgan fingerprint density at radius 3 is 2.78 bits per heavy atom. The standard InChI is InChI=1S/C12H19N5O/c1-9(8-17-6-2-3-7-17)14-12(18)10-4-5-11(13)16-15-10/h4-5,9H,2-3,6-8H2,1H3,(H2,13,16)(H,14,18). The van der Waals surface area contributed by atoms with Crippen LogP contribution in [-0.2, 0) is 0 Å². The maximum atomic E-state index is 11.9. The number of carbonyl (C=O) groups excluding carboxylic acids is 1. The third-order valence-electron chi connectivity index (χ3n) is 3.03. The normalized spacial score (nSPS) is 17.6. The highest BCUT2D eigenvalue weighted by molar-refractivity contribution is 5.92. The SMILES string of the molecule is CC(CN1CCCC1)NC(=O)c1ccc(N)nn1. The zero-order valence-corrected chi connectivity index (χ0v) is 10.6. The van der Waals surface area contributed by atoms with Crippen LogP contribution in [0.3, 0.4) is 0 Å². The molecule has 1 atom stereocenters. The van der Waals surface area contributed by atoms with Crippen molar-refractivity contribution in [2.45, 2.75) is 25.8 Å². The lowest BCUT2D eigenvalue weighted by atomic mass is 10.3. The Hall–Kier alpha value is -1.69. The quantitative estimate of drug-likeness (QED) is 0.800. The topological polar surface area (TPSA) is 84.1 Å². The van der Waals surface area contributed by atoms with Crippen molar-refractivity contribution in [3.63, 3.8) is 0 Å². The summed E-state index contributed by atoms with van der Waals surface area (Å²) in [5.41, 5.74) is 5.73. The van der Waals surface area contributed by atoms with Gasteiger partial charge in [-0.3, -0.25) is 4.79 Å². The minimum Gasteiger partial charge on any atom is -0.382 e. The zero-order chi connectivity index (χ0) is 13.0. The average Bonchev–Trinajstić information content (AvgIpc) is 2.82. The number of aromatic nitrogens is 2. The lowest BCUT2D eigenvalue weighted by Gasteiger charge is -2.20. The molecule has 0 bridgehead atoms. The van der Waals surface area contributed by atoms with Crippen LogP contribution >= 0.6 is 0 Å². The Kier molecular flexibility index (Phi) is 4.09. The van der Waals surface area contributed by atoms with Crippen LogP contribution < -0.4 is 11.1 Å². The molecule has 1 aromatic heterocycles. The van der Waals surface area contributed by atoms with Crippen LogP contribution in [0, 0.1) is 0 Å². The van der Waals surface area contributed by atoms with Gasteiger partial charge in [0.2, 0.25) is 0 Å². The van der Waals surface area contributed by atoms with Crippen LogP contribution in [0.25, 0.3) is 0 Å². The van der Waals surface area contributed by atoms with Gasteiger partial charge in [-0.15, -0.1) is 10.2 Å². The molecule has 0 aliphatic carbocycles. The van der Waals surface area contributed by atoms with Crippen molar-refractivity contribution in [3.05, 3.63) is 17.8 Å². The molecule has 6 heteroatoms. The third-order valence-corrected chi connectivity index (χ3v) is 3.03. The molecule has 1 amide bonds. The molecule has 0 radical (unpaired) electrons. The van der Waals surface area contributed by atoms with Crippen LogP contribution in [0.5, 0.6) is 0 Å². The summed E-state index contributed by atoms with van der Waals surface area (Å²) in [7, 11) is 0. The molecule has 18 heavy (non-hydrogen) atoms. The van der Waals surface area contributed by atoms with Crippen LogP contribution in [-0.4, -0.2) is 46.7 Å². The van der Waals surface area contributed by atoms with Crippen LogP contribution in [0.4, 0.5) is 5.82 Å². The first-order valence-electron chi connectivity index (χ1n) is 6.27. The van der Waals surface area contributed by atoms with E-state index in [1.165, 1.54) is 12.8 Å². The van der Waals surface area contributed by atoms with Crippen molar-refractivity contribution in [1.82, 2.24) is 20.4 Å². The number of hydrogen-bond acceptors (Lipinski definition) is 5. The number of nitrogens with one attached hydrogen (secondary N) is 1. The fourth-order valence-corrected chi connectivity index (χ4v) is 2.16. The monoisotopic (exact) mass is 249 g/mol. The van der Waals surface area contributed by atoms with Gasteiger partial charge in [-0.05, 0) is 45.0 Å². The van der Waals surface area contributed by atoms with E-state index in [1.807, 2.05) is 6.92 Å².